The smallest absolute Gasteiger partial charge is 0.0852 e. The van der Waals surface area contributed by atoms with E-state index in [0.29, 0.717) is 0 Å². The van der Waals surface area contributed by atoms with Crippen molar-refractivity contribution in [2.24, 2.45) is 7.05 Å². The van der Waals surface area contributed by atoms with Gasteiger partial charge in [-0.25, -0.2) is 0 Å². The summed E-state index contributed by atoms with van der Waals surface area (Å²) >= 11 is 0. The minimum Gasteiger partial charge on any atom is -0.390 e. The van der Waals surface area contributed by atoms with E-state index in [1.165, 1.54) is 0 Å². The Kier molecular flexibility index (Phi) is 2.65. The van der Waals surface area contributed by atoms with Crippen LogP contribution in [0.1, 0.15) is 24.6 Å². The molecule has 0 unspecified atom stereocenters. The van der Waals surface area contributed by atoms with Gasteiger partial charge in [-0.05, 0) is 12.0 Å². The molecule has 0 fully saturated rings. The largest absolute Gasteiger partial charge is 0.390 e. The first-order valence-corrected chi connectivity index (χ1v) is 3.90. The Morgan fingerprint density at radius 2 is 2.36 bits per heavy atom. The van der Waals surface area contributed by atoms with Crippen molar-refractivity contribution in [2.45, 2.75) is 26.4 Å². The van der Waals surface area contributed by atoms with Crippen molar-refractivity contribution in [3.8, 4) is 0 Å². The summed E-state index contributed by atoms with van der Waals surface area (Å²) in [6.45, 7) is 2.21. The van der Waals surface area contributed by atoms with E-state index in [1.807, 2.05) is 13.2 Å². The monoisotopic (exact) mass is 154 g/mol. The number of rotatable bonds is 3. The van der Waals surface area contributed by atoms with Crippen LogP contribution in [-0.2, 0) is 20.1 Å². The van der Waals surface area contributed by atoms with Crippen molar-refractivity contribution >= 4 is 0 Å². The fourth-order valence-corrected chi connectivity index (χ4v) is 1.19. The molecule has 0 atom stereocenters. The number of nitrogens with zero attached hydrogens (tertiary/aromatic N) is 2. The third-order valence-electron chi connectivity index (χ3n) is 1.82. The van der Waals surface area contributed by atoms with Crippen LogP contribution in [0, 0.1) is 0 Å². The van der Waals surface area contributed by atoms with Crippen LogP contribution >= 0.6 is 0 Å². The standard InChI is InChI=1S/C8H14N2O/c1-3-4-7-5-9-10(2)8(7)6-11/h5,11H,3-4,6H2,1-2H3. The van der Waals surface area contributed by atoms with Crippen LogP contribution < -0.4 is 0 Å². The third-order valence-corrected chi connectivity index (χ3v) is 1.82. The van der Waals surface area contributed by atoms with Gasteiger partial charge >= 0.3 is 0 Å². The Hall–Kier alpha value is -0.830. The van der Waals surface area contributed by atoms with Crippen LogP contribution in [0.3, 0.4) is 0 Å². The zero-order valence-corrected chi connectivity index (χ0v) is 7.04. The highest BCUT2D eigenvalue weighted by molar-refractivity contribution is 5.16. The van der Waals surface area contributed by atoms with Gasteiger partial charge < -0.3 is 5.11 Å². The second-order valence-electron chi connectivity index (χ2n) is 2.65. The van der Waals surface area contributed by atoms with Crippen LogP contribution in [0.25, 0.3) is 0 Å². The summed E-state index contributed by atoms with van der Waals surface area (Å²) in [6, 6.07) is 0. The van der Waals surface area contributed by atoms with Gasteiger partial charge in [0.25, 0.3) is 0 Å². The second-order valence-corrected chi connectivity index (χ2v) is 2.65. The van der Waals surface area contributed by atoms with Gasteiger partial charge in [-0.15, -0.1) is 0 Å². The molecule has 0 bridgehead atoms. The fraction of sp³-hybridized carbons (Fsp3) is 0.625. The molecule has 0 spiro atoms. The summed E-state index contributed by atoms with van der Waals surface area (Å²) in [5, 5.41) is 13.0. The molecule has 3 nitrogen and oxygen atoms in total. The number of hydrogen-bond donors (Lipinski definition) is 1. The highest BCUT2D eigenvalue weighted by Crippen LogP contribution is 2.09. The first-order chi connectivity index (χ1) is 5.29. The van der Waals surface area contributed by atoms with E-state index >= 15 is 0 Å². The molecule has 0 aliphatic rings. The van der Waals surface area contributed by atoms with Gasteiger partial charge in [0, 0.05) is 7.05 Å². The van der Waals surface area contributed by atoms with Crippen LogP contribution in [0.5, 0.6) is 0 Å². The summed E-state index contributed by atoms with van der Waals surface area (Å²) in [7, 11) is 1.85. The van der Waals surface area contributed by atoms with E-state index in [9.17, 15) is 0 Å². The number of hydrogen-bond acceptors (Lipinski definition) is 2. The molecule has 0 radical (unpaired) electrons. The molecule has 0 saturated carbocycles. The molecule has 62 valence electrons. The normalized spacial score (nSPS) is 10.5. The van der Waals surface area contributed by atoms with E-state index in [1.54, 1.807) is 4.68 Å². The molecule has 0 saturated heterocycles. The molecule has 3 heteroatoms. The van der Waals surface area contributed by atoms with Gasteiger partial charge in [0.1, 0.15) is 0 Å². The van der Waals surface area contributed by atoms with Gasteiger partial charge in [0.05, 0.1) is 18.5 Å². The predicted molar refractivity (Wildman–Crippen MR) is 43.1 cm³/mol. The predicted octanol–water partition coefficient (Wildman–Crippen LogP) is 0.865. The van der Waals surface area contributed by atoms with Crippen molar-refractivity contribution in [3.63, 3.8) is 0 Å². The Morgan fingerprint density at radius 1 is 1.64 bits per heavy atom. The topological polar surface area (TPSA) is 38.0 Å². The molecule has 11 heavy (non-hydrogen) atoms. The Balaban J connectivity index is 2.86. The zero-order valence-electron chi connectivity index (χ0n) is 7.04. The molecule has 1 N–H and O–H groups in total. The van der Waals surface area contributed by atoms with Crippen molar-refractivity contribution < 1.29 is 5.11 Å². The van der Waals surface area contributed by atoms with E-state index in [4.69, 9.17) is 5.11 Å². The maximum atomic E-state index is 8.95. The minimum absolute atomic E-state index is 0.0891. The molecule has 1 rings (SSSR count). The highest BCUT2D eigenvalue weighted by Gasteiger charge is 2.04. The van der Waals surface area contributed by atoms with Gasteiger partial charge in [-0.3, -0.25) is 4.68 Å². The van der Waals surface area contributed by atoms with Crippen molar-refractivity contribution in [1.29, 1.82) is 0 Å². The minimum atomic E-state index is 0.0891. The average molecular weight is 154 g/mol. The lowest BCUT2D eigenvalue weighted by molar-refractivity contribution is 0.269. The Morgan fingerprint density at radius 3 is 2.91 bits per heavy atom. The molecule has 1 aromatic rings. The maximum absolute atomic E-state index is 8.95. The lowest BCUT2D eigenvalue weighted by Crippen LogP contribution is -1.99. The molecular weight excluding hydrogens is 140 g/mol. The Bertz CT molecular complexity index is 230. The molecule has 0 amide bonds. The van der Waals surface area contributed by atoms with Gasteiger partial charge in [-0.1, -0.05) is 13.3 Å². The summed E-state index contributed by atoms with van der Waals surface area (Å²) in [4.78, 5) is 0. The molecule has 0 aromatic carbocycles. The van der Waals surface area contributed by atoms with Gasteiger partial charge in [0.2, 0.25) is 0 Å². The Labute approximate surface area is 66.7 Å². The van der Waals surface area contributed by atoms with Crippen molar-refractivity contribution in [1.82, 2.24) is 9.78 Å². The van der Waals surface area contributed by atoms with Gasteiger partial charge in [-0.2, -0.15) is 5.10 Å². The SMILES string of the molecule is CCCc1cnn(C)c1CO. The first kappa shape index (κ1) is 8.27. The number of aliphatic hydroxyl groups is 1. The summed E-state index contributed by atoms with van der Waals surface area (Å²) in [6.07, 6.45) is 3.93. The molecule has 0 aliphatic heterocycles. The van der Waals surface area contributed by atoms with E-state index < -0.39 is 0 Å². The number of aryl methyl sites for hydroxylation is 2. The quantitative estimate of drug-likeness (QED) is 0.701. The number of aromatic nitrogens is 2. The first-order valence-electron chi connectivity index (χ1n) is 3.90. The third kappa shape index (κ3) is 1.60. The molecule has 1 heterocycles. The lowest BCUT2D eigenvalue weighted by Gasteiger charge is -1.99. The molecular formula is C8H14N2O. The maximum Gasteiger partial charge on any atom is 0.0852 e. The summed E-state index contributed by atoms with van der Waals surface area (Å²) < 4.78 is 1.73. The lowest BCUT2D eigenvalue weighted by atomic mass is 10.1. The van der Waals surface area contributed by atoms with E-state index in [-0.39, 0.29) is 6.61 Å². The van der Waals surface area contributed by atoms with Crippen LogP contribution in [0.4, 0.5) is 0 Å². The van der Waals surface area contributed by atoms with E-state index in [2.05, 4.69) is 12.0 Å². The van der Waals surface area contributed by atoms with Gasteiger partial charge in [0.15, 0.2) is 0 Å². The van der Waals surface area contributed by atoms with Crippen LogP contribution in [-0.4, -0.2) is 14.9 Å². The fourth-order valence-electron chi connectivity index (χ4n) is 1.19. The average Bonchev–Trinajstić information content (AvgIpc) is 2.33. The van der Waals surface area contributed by atoms with Crippen LogP contribution in [0.2, 0.25) is 0 Å². The summed E-state index contributed by atoms with van der Waals surface area (Å²) in [5.41, 5.74) is 2.10. The summed E-state index contributed by atoms with van der Waals surface area (Å²) in [5.74, 6) is 0. The van der Waals surface area contributed by atoms with Crippen LogP contribution in [0.15, 0.2) is 6.20 Å². The van der Waals surface area contributed by atoms with Crippen molar-refractivity contribution in [2.75, 3.05) is 0 Å². The number of aliphatic hydroxyl groups excluding tert-OH is 1. The highest BCUT2D eigenvalue weighted by atomic mass is 16.3. The second kappa shape index (κ2) is 3.53. The van der Waals surface area contributed by atoms with Crippen molar-refractivity contribution in [3.05, 3.63) is 17.5 Å². The molecule has 0 aliphatic carbocycles. The zero-order chi connectivity index (χ0) is 8.27. The molecule has 1 aromatic heterocycles. The van der Waals surface area contributed by atoms with E-state index in [0.717, 1.165) is 24.1 Å².